The van der Waals surface area contributed by atoms with Crippen molar-refractivity contribution < 1.29 is 18.3 Å². The van der Waals surface area contributed by atoms with E-state index in [1.807, 2.05) is 0 Å². The summed E-state index contributed by atoms with van der Waals surface area (Å²) in [7, 11) is 0. The number of benzene rings is 2. The zero-order valence-corrected chi connectivity index (χ0v) is 15.3. The van der Waals surface area contributed by atoms with Crippen molar-refractivity contribution in [1.29, 1.82) is 0 Å². The van der Waals surface area contributed by atoms with Gasteiger partial charge in [-0.15, -0.1) is 11.3 Å². The average Bonchev–Trinajstić information content (AvgIpc) is 3.13. The molecule has 1 N–H and O–H groups in total. The smallest absolute Gasteiger partial charge is 0.133 e. The van der Waals surface area contributed by atoms with E-state index in [1.54, 1.807) is 41.9 Å². The molecule has 0 saturated heterocycles. The fraction of sp³-hybridized carbons (Fsp3) is 0.0455. The summed E-state index contributed by atoms with van der Waals surface area (Å²) in [6.45, 7) is 0. The van der Waals surface area contributed by atoms with Crippen LogP contribution in [0.1, 0.15) is 17.2 Å². The Kier molecular flexibility index (Phi) is 4.98. The van der Waals surface area contributed by atoms with Crippen molar-refractivity contribution >= 4 is 11.3 Å². The maximum atomic E-state index is 14.5. The molecule has 0 fully saturated rings. The molecule has 0 spiro atoms. The molecule has 1 unspecified atom stereocenters. The standard InChI is InChI=1S/C22H14F3NOS/c23-14-7-8-15(19(25)10-14)17-12-28-22(16-5-1-2-6-18(16)24)20(17)21(27)13-4-3-9-26-11-13/h1-12,21,27H. The van der Waals surface area contributed by atoms with E-state index in [4.69, 9.17) is 0 Å². The first-order valence-corrected chi connectivity index (χ1v) is 9.34. The van der Waals surface area contributed by atoms with Gasteiger partial charge in [-0.2, -0.15) is 0 Å². The largest absolute Gasteiger partial charge is 0.384 e. The molecule has 0 aliphatic rings. The molecule has 4 aromatic rings. The second-order valence-corrected chi connectivity index (χ2v) is 7.06. The molecule has 0 radical (unpaired) electrons. The number of pyridine rings is 1. The third-order valence-electron chi connectivity index (χ3n) is 4.44. The van der Waals surface area contributed by atoms with Crippen LogP contribution in [0.2, 0.25) is 0 Å². The molecule has 2 aromatic heterocycles. The number of aliphatic hydroxyl groups excluding tert-OH is 1. The van der Waals surface area contributed by atoms with Gasteiger partial charge in [-0.25, -0.2) is 13.2 Å². The number of aliphatic hydroxyl groups is 1. The molecule has 140 valence electrons. The van der Waals surface area contributed by atoms with Gasteiger partial charge in [-0.3, -0.25) is 4.98 Å². The van der Waals surface area contributed by atoms with Crippen LogP contribution in [0.15, 0.2) is 72.4 Å². The summed E-state index contributed by atoms with van der Waals surface area (Å²) >= 11 is 1.19. The summed E-state index contributed by atoms with van der Waals surface area (Å²) in [6, 6.07) is 12.8. The minimum absolute atomic E-state index is 0.137. The highest BCUT2D eigenvalue weighted by Crippen LogP contribution is 2.44. The molecule has 1 atom stereocenters. The highest BCUT2D eigenvalue weighted by atomic mass is 32.1. The summed E-state index contributed by atoms with van der Waals surface area (Å²) in [4.78, 5) is 4.49. The Morgan fingerprint density at radius 1 is 0.857 bits per heavy atom. The first-order valence-electron chi connectivity index (χ1n) is 8.46. The van der Waals surface area contributed by atoms with Crippen molar-refractivity contribution in [3.63, 3.8) is 0 Å². The lowest BCUT2D eigenvalue weighted by molar-refractivity contribution is 0.221. The summed E-state index contributed by atoms with van der Waals surface area (Å²) in [5, 5.41) is 12.7. The van der Waals surface area contributed by atoms with Crippen LogP contribution >= 0.6 is 11.3 Å². The van der Waals surface area contributed by atoms with E-state index in [2.05, 4.69) is 4.98 Å². The van der Waals surface area contributed by atoms with E-state index in [1.165, 1.54) is 29.7 Å². The molecule has 0 amide bonds. The van der Waals surface area contributed by atoms with Gasteiger partial charge >= 0.3 is 0 Å². The van der Waals surface area contributed by atoms with Crippen molar-refractivity contribution in [2.45, 2.75) is 6.10 Å². The third kappa shape index (κ3) is 3.32. The zero-order valence-electron chi connectivity index (χ0n) is 14.4. The molecular weight excluding hydrogens is 383 g/mol. The molecule has 0 bridgehead atoms. The van der Waals surface area contributed by atoms with Gasteiger partial charge in [0.2, 0.25) is 0 Å². The Bertz CT molecular complexity index is 1130. The quantitative estimate of drug-likeness (QED) is 0.460. The molecule has 0 aliphatic carbocycles. The van der Waals surface area contributed by atoms with E-state index < -0.39 is 23.6 Å². The second kappa shape index (κ2) is 7.58. The first-order chi connectivity index (χ1) is 13.6. The Balaban J connectivity index is 1.96. The Morgan fingerprint density at radius 2 is 1.68 bits per heavy atom. The van der Waals surface area contributed by atoms with Crippen molar-refractivity contribution in [3.05, 3.63) is 101 Å². The van der Waals surface area contributed by atoms with Crippen LogP contribution in [-0.4, -0.2) is 10.1 Å². The van der Waals surface area contributed by atoms with Crippen LogP contribution < -0.4 is 0 Å². The minimum Gasteiger partial charge on any atom is -0.384 e. The van der Waals surface area contributed by atoms with Crippen LogP contribution in [0, 0.1) is 17.5 Å². The Morgan fingerprint density at radius 3 is 2.39 bits per heavy atom. The molecule has 0 aliphatic heterocycles. The number of thiophene rings is 1. The van der Waals surface area contributed by atoms with Crippen molar-refractivity contribution in [3.8, 4) is 21.6 Å². The van der Waals surface area contributed by atoms with E-state index in [0.29, 0.717) is 27.1 Å². The molecule has 4 rings (SSSR count). The maximum Gasteiger partial charge on any atom is 0.133 e. The first kappa shape index (κ1) is 18.4. The van der Waals surface area contributed by atoms with Gasteiger partial charge in [0.15, 0.2) is 0 Å². The lowest BCUT2D eigenvalue weighted by Gasteiger charge is -2.16. The normalized spacial score (nSPS) is 12.1. The fourth-order valence-corrected chi connectivity index (χ4v) is 4.24. The Hall–Kier alpha value is -2.96. The zero-order chi connectivity index (χ0) is 19.7. The summed E-state index contributed by atoms with van der Waals surface area (Å²) in [5.74, 6) is -1.90. The van der Waals surface area contributed by atoms with Gasteiger partial charge in [0, 0.05) is 51.2 Å². The van der Waals surface area contributed by atoms with Gasteiger partial charge in [-0.1, -0.05) is 24.3 Å². The van der Waals surface area contributed by atoms with Crippen LogP contribution in [-0.2, 0) is 0 Å². The summed E-state index contributed by atoms with van der Waals surface area (Å²) in [6.07, 6.45) is 1.91. The third-order valence-corrected chi connectivity index (χ3v) is 5.47. The van der Waals surface area contributed by atoms with Gasteiger partial charge in [0.05, 0.1) is 0 Å². The van der Waals surface area contributed by atoms with E-state index >= 15 is 0 Å². The van der Waals surface area contributed by atoms with E-state index in [9.17, 15) is 18.3 Å². The van der Waals surface area contributed by atoms with Crippen molar-refractivity contribution in [2.24, 2.45) is 0 Å². The molecule has 6 heteroatoms. The maximum absolute atomic E-state index is 14.5. The van der Waals surface area contributed by atoms with E-state index in [-0.39, 0.29) is 5.56 Å². The topological polar surface area (TPSA) is 33.1 Å². The number of aromatic nitrogens is 1. The highest BCUT2D eigenvalue weighted by molar-refractivity contribution is 7.14. The van der Waals surface area contributed by atoms with Crippen LogP contribution in [0.3, 0.4) is 0 Å². The lowest BCUT2D eigenvalue weighted by atomic mass is 9.93. The van der Waals surface area contributed by atoms with Crippen LogP contribution in [0.4, 0.5) is 13.2 Å². The predicted octanol–water partition coefficient (Wildman–Crippen LogP) is 5.98. The second-order valence-electron chi connectivity index (χ2n) is 6.19. The van der Waals surface area contributed by atoms with Crippen molar-refractivity contribution in [1.82, 2.24) is 4.98 Å². The number of hydrogen-bond acceptors (Lipinski definition) is 3. The number of nitrogens with zero attached hydrogens (tertiary/aromatic N) is 1. The molecule has 2 heterocycles. The average molecular weight is 397 g/mol. The fourth-order valence-electron chi connectivity index (χ4n) is 3.11. The highest BCUT2D eigenvalue weighted by Gasteiger charge is 2.25. The predicted molar refractivity (Wildman–Crippen MR) is 103 cm³/mol. The molecule has 0 saturated carbocycles. The number of halogens is 3. The monoisotopic (exact) mass is 397 g/mol. The Labute approximate surface area is 163 Å². The van der Waals surface area contributed by atoms with Crippen LogP contribution in [0.5, 0.6) is 0 Å². The van der Waals surface area contributed by atoms with Gasteiger partial charge in [0.25, 0.3) is 0 Å². The number of rotatable bonds is 4. The van der Waals surface area contributed by atoms with E-state index in [0.717, 1.165) is 12.1 Å². The molecule has 2 nitrogen and oxygen atoms in total. The van der Waals surface area contributed by atoms with Crippen molar-refractivity contribution in [2.75, 3.05) is 0 Å². The summed E-state index contributed by atoms with van der Waals surface area (Å²) in [5.41, 5.74) is 1.67. The van der Waals surface area contributed by atoms with Gasteiger partial charge in [-0.05, 0) is 29.6 Å². The van der Waals surface area contributed by atoms with Gasteiger partial charge in [0.1, 0.15) is 23.6 Å². The van der Waals surface area contributed by atoms with Gasteiger partial charge < -0.3 is 5.11 Å². The molecule has 2 aromatic carbocycles. The summed E-state index contributed by atoms with van der Waals surface area (Å²) < 4.78 is 42.3. The lowest BCUT2D eigenvalue weighted by Crippen LogP contribution is -2.03. The van der Waals surface area contributed by atoms with Crippen LogP contribution in [0.25, 0.3) is 21.6 Å². The SMILES string of the molecule is OC(c1cccnc1)c1c(-c2ccc(F)cc2F)csc1-c1ccccc1F. The molecule has 28 heavy (non-hydrogen) atoms. The number of hydrogen-bond donors (Lipinski definition) is 1. The molecular formula is C22H14F3NOS. The minimum atomic E-state index is -1.16.